The van der Waals surface area contributed by atoms with Gasteiger partial charge in [-0.2, -0.15) is 0 Å². The normalized spacial score (nSPS) is 16.9. The molecule has 2 aromatic heterocycles. The summed E-state index contributed by atoms with van der Waals surface area (Å²) < 4.78 is 7.60. The Kier molecular flexibility index (Phi) is 7.59. The lowest BCUT2D eigenvalue weighted by Crippen LogP contribution is -2.30. The van der Waals surface area contributed by atoms with E-state index in [0.717, 1.165) is 34.2 Å². The highest BCUT2D eigenvalue weighted by Gasteiger charge is 2.42. The number of thiocarbonyl (C=S) groups is 1. The van der Waals surface area contributed by atoms with Gasteiger partial charge in [0.05, 0.1) is 29.6 Å². The summed E-state index contributed by atoms with van der Waals surface area (Å²) in [5, 5.41) is 7.40. The summed E-state index contributed by atoms with van der Waals surface area (Å²) in [4.78, 5) is 19.0. The van der Waals surface area contributed by atoms with Gasteiger partial charge in [0.2, 0.25) is 5.91 Å². The highest BCUT2D eigenvalue weighted by Crippen LogP contribution is 2.44. The van der Waals surface area contributed by atoms with Crippen LogP contribution in [0, 0.1) is 12.8 Å². The molecule has 1 saturated heterocycles. The van der Waals surface area contributed by atoms with E-state index < -0.39 is 0 Å². The maximum absolute atomic E-state index is 12.3. The second-order valence-corrected chi connectivity index (χ2v) is 10.5. The Morgan fingerprint density at radius 3 is 2.46 bits per heavy atom. The number of nitrogens with zero attached hydrogens (tertiary/aromatic N) is 3. The van der Waals surface area contributed by atoms with Crippen molar-refractivity contribution in [3.63, 3.8) is 0 Å². The molecule has 0 saturated carbocycles. The molecule has 5 rings (SSSR count). The van der Waals surface area contributed by atoms with Gasteiger partial charge in [0.25, 0.3) is 0 Å². The SMILES string of the molecule is COc1ccc(-n2c(C)ccc2[C@@H]2[C@H](c3ccccn3)NC(=S)N2c2ccc(NC(=O)C(C)C)c(Cl)c2)cc1. The highest BCUT2D eigenvalue weighted by molar-refractivity contribution is 7.80. The first-order valence-corrected chi connectivity index (χ1v) is 13.5. The Labute approximate surface area is 238 Å². The van der Waals surface area contributed by atoms with Crippen LogP contribution in [0.1, 0.15) is 43.0 Å². The largest absolute Gasteiger partial charge is 0.497 e. The van der Waals surface area contributed by atoms with Gasteiger partial charge in [-0.15, -0.1) is 0 Å². The predicted octanol–water partition coefficient (Wildman–Crippen LogP) is 6.61. The van der Waals surface area contributed by atoms with Crippen molar-refractivity contribution >= 4 is 46.2 Å². The zero-order chi connectivity index (χ0) is 27.7. The first kappa shape index (κ1) is 26.7. The van der Waals surface area contributed by atoms with Gasteiger partial charge >= 0.3 is 0 Å². The molecule has 2 N–H and O–H groups in total. The number of aryl methyl sites for hydroxylation is 1. The summed E-state index contributed by atoms with van der Waals surface area (Å²) >= 11 is 12.6. The standard InChI is InChI=1S/C30H30ClN5O2S/c1-18(2)29(37)33-24-14-11-21(17-23(24)31)36-28(27(34-30(36)39)25-7-5-6-16-32-25)26-15-8-19(3)35(26)20-9-12-22(38-4)13-10-20/h5-18,27-28H,1-4H3,(H,33,37)(H,34,39)/t27-,28+/m0/s1. The van der Waals surface area contributed by atoms with Crippen LogP contribution in [-0.4, -0.2) is 27.7 Å². The number of methoxy groups -OCH3 is 1. The van der Waals surface area contributed by atoms with E-state index in [0.29, 0.717) is 15.8 Å². The Hall–Kier alpha value is -3.88. The summed E-state index contributed by atoms with van der Waals surface area (Å²) in [6.07, 6.45) is 1.79. The number of aromatic nitrogens is 2. The molecule has 2 atom stereocenters. The van der Waals surface area contributed by atoms with Gasteiger partial charge < -0.3 is 24.8 Å². The van der Waals surface area contributed by atoms with Gasteiger partial charge in [-0.05, 0) is 85.9 Å². The Balaban J connectivity index is 1.62. The van der Waals surface area contributed by atoms with Crippen molar-refractivity contribution in [1.29, 1.82) is 0 Å². The Morgan fingerprint density at radius 1 is 1.08 bits per heavy atom. The van der Waals surface area contributed by atoms with Gasteiger partial charge in [-0.3, -0.25) is 9.78 Å². The minimum atomic E-state index is -0.240. The lowest BCUT2D eigenvalue weighted by molar-refractivity contribution is -0.118. The number of ether oxygens (including phenoxy) is 1. The number of carbonyl (C=O) groups excluding carboxylic acids is 1. The molecule has 1 amide bonds. The van der Waals surface area contributed by atoms with E-state index in [1.54, 1.807) is 13.3 Å². The van der Waals surface area contributed by atoms with Crippen molar-refractivity contribution in [2.45, 2.75) is 32.9 Å². The van der Waals surface area contributed by atoms with E-state index >= 15 is 0 Å². The third-order valence-corrected chi connectivity index (χ3v) is 7.48. The average Bonchev–Trinajstić information content (AvgIpc) is 3.49. The van der Waals surface area contributed by atoms with Crippen LogP contribution in [-0.2, 0) is 4.79 Å². The van der Waals surface area contributed by atoms with Gasteiger partial charge in [0, 0.05) is 34.9 Å². The molecule has 0 spiro atoms. The molecule has 0 bridgehead atoms. The molecule has 0 unspecified atom stereocenters. The molecule has 3 heterocycles. The summed E-state index contributed by atoms with van der Waals surface area (Å²) in [6, 6.07) is 23.2. The van der Waals surface area contributed by atoms with Crippen LogP contribution in [0.5, 0.6) is 5.75 Å². The molecule has 0 radical (unpaired) electrons. The molecule has 39 heavy (non-hydrogen) atoms. The monoisotopic (exact) mass is 559 g/mol. The Morgan fingerprint density at radius 2 is 1.82 bits per heavy atom. The number of hydrogen-bond donors (Lipinski definition) is 2. The minimum absolute atomic E-state index is 0.0936. The molecule has 7 nitrogen and oxygen atoms in total. The third kappa shape index (κ3) is 5.22. The molecule has 9 heteroatoms. The van der Waals surface area contributed by atoms with Crippen molar-refractivity contribution in [2.75, 3.05) is 17.3 Å². The van der Waals surface area contributed by atoms with Gasteiger partial charge in [-0.25, -0.2) is 0 Å². The minimum Gasteiger partial charge on any atom is -0.497 e. The summed E-state index contributed by atoms with van der Waals surface area (Å²) in [7, 11) is 1.66. The lowest BCUT2D eigenvalue weighted by Gasteiger charge is -2.29. The second kappa shape index (κ2) is 11.1. The van der Waals surface area contributed by atoms with Crippen molar-refractivity contribution in [1.82, 2.24) is 14.9 Å². The summed E-state index contributed by atoms with van der Waals surface area (Å²) in [6.45, 7) is 5.76. The molecular weight excluding hydrogens is 530 g/mol. The van der Waals surface area contributed by atoms with Crippen LogP contribution in [0.3, 0.4) is 0 Å². The van der Waals surface area contributed by atoms with E-state index in [9.17, 15) is 4.79 Å². The molecule has 0 aliphatic carbocycles. The first-order chi connectivity index (χ1) is 18.8. The molecule has 2 aromatic carbocycles. The molecule has 1 aliphatic rings. The van der Waals surface area contributed by atoms with Crippen LogP contribution < -0.4 is 20.3 Å². The van der Waals surface area contributed by atoms with Crippen molar-refractivity contribution in [3.05, 3.63) is 101 Å². The van der Waals surface area contributed by atoms with Gasteiger partial charge in [-0.1, -0.05) is 31.5 Å². The fourth-order valence-electron chi connectivity index (χ4n) is 4.84. The number of anilines is 2. The zero-order valence-electron chi connectivity index (χ0n) is 22.2. The number of nitrogens with one attached hydrogen (secondary N) is 2. The first-order valence-electron chi connectivity index (χ1n) is 12.7. The number of halogens is 1. The smallest absolute Gasteiger partial charge is 0.226 e. The molecule has 200 valence electrons. The predicted molar refractivity (Wildman–Crippen MR) is 160 cm³/mol. The van der Waals surface area contributed by atoms with Crippen LogP contribution in [0.15, 0.2) is 79.0 Å². The third-order valence-electron chi connectivity index (χ3n) is 6.85. The van der Waals surface area contributed by atoms with Crippen LogP contribution in [0.2, 0.25) is 5.02 Å². The van der Waals surface area contributed by atoms with Crippen LogP contribution >= 0.6 is 23.8 Å². The number of carbonyl (C=O) groups is 1. The number of pyridine rings is 1. The fraction of sp³-hybridized carbons (Fsp3) is 0.233. The quantitative estimate of drug-likeness (QED) is 0.248. The van der Waals surface area contributed by atoms with Crippen molar-refractivity contribution in [2.24, 2.45) is 5.92 Å². The number of hydrogen-bond acceptors (Lipinski definition) is 4. The molecule has 1 aliphatic heterocycles. The molecule has 1 fully saturated rings. The van der Waals surface area contributed by atoms with Crippen LogP contribution in [0.25, 0.3) is 5.69 Å². The second-order valence-electron chi connectivity index (χ2n) is 9.74. The van der Waals surface area contributed by atoms with E-state index in [-0.39, 0.29) is 23.9 Å². The van der Waals surface area contributed by atoms with Crippen LogP contribution in [0.4, 0.5) is 11.4 Å². The number of rotatable bonds is 7. The molecular formula is C30H30ClN5O2S. The lowest BCUT2D eigenvalue weighted by atomic mass is 10.0. The maximum Gasteiger partial charge on any atom is 0.226 e. The number of benzene rings is 2. The average molecular weight is 560 g/mol. The Bertz CT molecular complexity index is 1500. The molecule has 4 aromatic rings. The van der Waals surface area contributed by atoms with E-state index in [4.69, 9.17) is 28.6 Å². The highest BCUT2D eigenvalue weighted by atomic mass is 35.5. The van der Waals surface area contributed by atoms with E-state index in [1.807, 2.05) is 74.5 Å². The number of amides is 1. The fourth-order valence-corrected chi connectivity index (χ4v) is 5.41. The summed E-state index contributed by atoms with van der Waals surface area (Å²) in [5.41, 5.74) is 5.37. The topological polar surface area (TPSA) is 71.4 Å². The zero-order valence-corrected chi connectivity index (χ0v) is 23.8. The maximum atomic E-state index is 12.3. The van der Waals surface area contributed by atoms with Gasteiger partial charge in [0.15, 0.2) is 5.11 Å². The van der Waals surface area contributed by atoms with E-state index in [2.05, 4.69) is 44.1 Å². The van der Waals surface area contributed by atoms with Gasteiger partial charge in [0.1, 0.15) is 11.8 Å². The van der Waals surface area contributed by atoms with Crippen molar-refractivity contribution in [3.8, 4) is 11.4 Å². The van der Waals surface area contributed by atoms with E-state index in [1.165, 1.54) is 0 Å². The summed E-state index contributed by atoms with van der Waals surface area (Å²) in [5.74, 6) is 0.540. The van der Waals surface area contributed by atoms with Crippen molar-refractivity contribution < 1.29 is 9.53 Å².